The third-order valence-electron chi connectivity index (χ3n) is 5.91. The molecule has 0 aliphatic carbocycles. The van der Waals surface area contributed by atoms with Crippen molar-refractivity contribution in [2.24, 2.45) is 7.05 Å². The number of rotatable bonds is 7. The van der Waals surface area contributed by atoms with E-state index in [1.807, 2.05) is 58.6 Å². The van der Waals surface area contributed by atoms with Crippen molar-refractivity contribution in [2.75, 3.05) is 13.2 Å². The Morgan fingerprint density at radius 2 is 2.14 bits per heavy atom. The molecule has 3 aromatic heterocycles. The molecular weight excluding hydrogens is 460 g/mol. The summed E-state index contributed by atoms with van der Waals surface area (Å²) in [7, 11) is 1.83. The van der Waals surface area contributed by atoms with Gasteiger partial charge in [0.15, 0.2) is 6.23 Å². The molecular formula is C26H36N6O4. The molecule has 1 unspecified atom stereocenters. The molecule has 194 valence electrons. The fourth-order valence-electron chi connectivity index (χ4n) is 4.32. The van der Waals surface area contributed by atoms with Gasteiger partial charge in [0.2, 0.25) is 5.88 Å². The summed E-state index contributed by atoms with van der Waals surface area (Å²) in [5.74, 6) is 0.570. The van der Waals surface area contributed by atoms with E-state index in [0.717, 1.165) is 59.4 Å². The van der Waals surface area contributed by atoms with E-state index < -0.39 is 11.7 Å². The molecule has 0 bridgehead atoms. The van der Waals surface area contributed by atoms with Crippen molar-refractivity contribution in [2.45, 2.75) is 71.8 Å². The van der Waals surface area contributed by atoms with Gasteiger partial charge in [0.05, 0.1) is 40.9 Å². The van der Waals surface area contributed by atoms with E-state index in [9.17, 15) is 4.79 Å². The molecule has 1 aliphatic heterocycles. The van der Waals surface area contributed by atoms with Crippen molar-refractivity contribution in [3.05, 3.63) is 30.2 Å². The van der Waals surface area contributed by atoms with E-state index in [-0.39, 0.29) is 18.9 Å². The molecule has 3 aromatic rings. The van der Waals surface area contributed by atoms with Crippen LogP contribution in [0.1, 0.15) is 64.6 Å². The Bertz CT molecular complexity index is 1250. The van der Waals surface area contributed by atoms with E-state index in [2.05, 4.69) is 17.0 Å². The van der Waals surface area contributed by atoms with Gasteiger partial charge in [0, 0.05) is 19.0 Å². The molecule has 1 fully saturated rings. The predicted octanol–water partition coefficient (Wildman–Crippen LogP) is 4.77. The molecule has 36 heavy (non-hydrogen) atoms. The number of carbonyl (C=O) groups is 1. The summed E-state index contributed by atoms with van der Waals surface area (Å²) in [5.41, 5.74) is 3.42. The molecule has 0 spiro atoms. The first kappa shape index (κ1) is 25.7. The quantitative estimate of drug-likeness (QED) is 0.502. The molecule has 0 aromatic carbocycles. The average Bonchev–Trinajstić information content (AvgIpc) is 3.33. The van der Waals surface area contributed by atoms with Gasteiger partial charge >= 0.3 is 6.09 Å². The highest BCUT2D eigenvalue weighted by Crippen LogP contribution is 2.35. The number of ether oxygens (including phenoxy) is 3. The number of fused-ring (bicyclic) bond motifs is 1. The molecule has 10 heteroatoms. The zero-order valence-electron chi connectivity index (χ0n) is 22.0. The molecule has 2 atom stereocenters. The number of hydrogen-bond donors (Lipinski definition) is 1. The van der Waals surface area contributed by atoms with E-state index in [0.29, 0.717) is 5.88 Å². The lowest BCUT2D eigenvalue weighted by molar-refractivity contribution is -0.0367. The van der Waals surface area contributed by atoms with E-state index in [4.69, 9.17) is 24.3 Å². The maximum absolute atomic E-state index is 12.0. The molecule has 4 heterocycles. The van der Waals surface area contributed by atoms with Gasteiger partial charge in [-0.25, -0.2) is 14.2 Å². The molecule has 4 rings (SSSR count). The minimum atomic E-state index is -0.563. The summed E-state index contributed by atoms with van der Waals surface area (Å²) in [4.78, 5) is 16.8. The van der Waals surface area contributed by atoms with Crippen LogP contribution in [-0.4, -0.2) is 55.5 Å². The zero-order chi connectivity index (χ0) is 26.0. The highest BCUT2D eigenvalue weighted by molar-refractivity contribution is 5.90. The summed E-state index contributed by atoms with van der Waals surface area (Å²) in [6.07, 6.45) is 5.77. The van der Waals surface area contributed by atoms with Gasteiger partial charge in [0.1, 0.15) is 11.7 Å². The topological polar surface area (TPSA) is 105 Å². The largest absolute Gasteiger partial charge is 0.472 e. The Labute approximate surface area is 211 Å². The molecule has 1 N–H and O–H groups in total. The van der Waals surface area contributed by atoms with Crippen molar-refractivity contribution < 1.29 is 19.0 Å². The lowest BCUT2D eigenvalue weighted by Gasteiger charge is -2.23. The van der Waals surface area contributed by atoms with Crippen LogP contribution in [0.4, 0.5) is 4.79 Å². The number of aryl methyl sites for hydroxylation is 2. The standard InChI is InChI=1S/C26H36N6O4/c1-8-19-18-13-20(27-15-21(18)32(30-19)22-11-9-10-12-34-22)23-17(3)29-31(7)24(23)35-16(2)14-28-25(33)36-26(4,5)6/h8,13,15-16,22H,1,9-12,14H2,2-7H3,(H,28,33)/t16-,22?/m1/s1. The maximum atomic E-state index is 12.0. The molecule has 10 nitrogen and oxygen atoms in total. The van der Waals surface area contributed by atoms with Gasteiger partial charge in [-0.15, -0.1) is 0 Å². The third kappa shape index (κ3) is 5.53. The molecule has 1 aliphatic rings. The lowest BCUT2D eigenvalue weighted by Crippen LogP contribution is -2.37. The number of nitrogens with zero attached hydrogens (tertiary/aromatic N) is 5. The van der Waals surface area contributed by atoms with E-state index in [1.54, 1.807) is 10.8 Å². The Balaban J connectivity index is 1.60. The first-order chi connectivity index (χ1) is 17.1. The van der Waals surface area contributed by atoms with Crippen molar-refractivity contribution >= 4 is 23.1 Å². The predicted molar refractivity (Wildman–Crippen MR) is 138 cm³/mol. The molecule has 1 saturated heterocycles. The second-order valence-electron chi connectivity index (χ2n) is 10.1. The number of alkyl carbamates (subject to hydrolysis) is 1. The van der Waals surface area contributed by atoms with Crippen molar-refractivity contribution in [1.82, 2.24) is 29.9 Å². The number of carbonyl (C=O) groups excluding carboxylic acids is 1. The molecule has 0 radical (unpaired) electrons. The number of pyridine rings is 1. The number of amides is 1. The first-order valence-corrected chi connectivity index (χ1v) is 12.4. The van der Waals surface area contributed by atoms with Crippen LogP contribution in [0, 0.1) is 6.92 Å². The second-order valence-corrected chi connectivity index (χ2v) is 10.1. The monoisotopic (exact) mass is 496 g/mol. The van der Waals surface area contributed by atoms with Crippen molar-refractivity contribution in [1.29, 1.82) is 0 Å². The van der Waals surface area contributed by atoms with Crippen molar-refractivity contribution in [3.8, 4) is 17.1 Å². The summed E-state index contributed by atoms with van der Waals surface area (Å²) >= 11 is 0. The van der Waals surface area contributed by atoms with E-state index >= 15 is 0 Å². The Kier molecular flexibility index (Phi) is 7.35. The number of aromatic nitrogens is 5. The van der Waals surface area contributed by atoms with Crippen LogP contribution in [0.5, 0.6) is 5.88 Å². The van der Waals surface area contributed by atoms with Gasteiger partial charge < -0.3 is 19.5 Å². The van der Waals surface area contributed by atoms with Crippen LogP contribution in [0.2, 0.25) is 0 Å². The van der Waals surface area contributed by atoms with Crippen LogP contribution >= 0.6 is 0 Å². The zero-order valence-corrected chi connectivity index (χ0v) is 22.0. The normalized spacial score (nSPS) is 17.1. The fourth-order valence-corrected chi connectivity index (χ4v) is 4.32. The lowest BCUT2D eigenvalue weighted by atomic mass is 10.1. The fraction of sp³-hybridized carbons (Fsp3) is 0.538. The van der Waals surface area contributed by atoms with Crippen LogP contribution < -0.4 is 10.1 Å². The Hall–Kier alpha value is -3.40. The van der Waals surface area contributed by atoms with Crippen LogP contribution in [0.15, 0.2) is 18.8 Å². The van der Waals surface area contributed by atoms with Gasteiger partial charge in [0.25, 0.3) is 0 Å². The van der Waals surface area contributed by atoms with Gasteiger partial charge in [-0.3, -0.25) is 4.98 Å². The van der Waals surface area contributed by atoms with Gasteiger partial charge in [-0.05, 0) is 66.0 Å². The molecule has 0 saturated carbocycles. The van der Waals surface area contributed by atoms with Gasteiger partial charge in [-0.2, -0.15) is 10.2 Å². The van der Waals surface area contributed by atoms with E-state index in [1.165, 1.54) is 0 Å². The summed E-state index contributed by atoms with van der Waals surface area (Å²) in [5, 5.41) is 13.0. The first-order valence-electron chi connectivity index (χ1n) is 12.4. The minimum absolute atomic E-state index is 0.0973. The van der Waals surface area contributed by atoms with Gasteiger partial charge in [-0.1, -0.05) is 6.58 Å². The smallest absolute Gasteiger partial charge is 0.407 e. The average molecular weight is 497 g/mol. The summed E-state index contributed by atoms with van der Waals surface area (Å²) < 4.78 is 21.1. The summed E-state index contributed by atoms with van der Waals surface area (Å²) in [6, 6.07) is 2.00. The maximum Gasteiger partial charge on any atom is 0.407 e. The van der Waals surface area contributed by atoms with Crippen molar-refractivity contribution in [3.63, 3.8) is 0 Å². The second kappa shape index (κ2) is 10.3. The SMILES string of the molecule is C=Cc1nn(C2CCCCO2)c2cnc(-c3c(C)nn(C)c3O[C@H](C)CNC(=O)OC(C)(C)C)cc12. The van der Waals surface area contributed by atoms with Crippen LogP contribution in [-0.2, 0) is 16.5 Å². The molecule has 1 amide bonds. The Morgan fingerprint density at radius 3 is 2.81 bits per heavy atom. The number of nitrogens with one attached hydrogen (secondary N) is 1. The number of hydrogen-bond acceptors (Lipinski definition) is 7. The van der Waals surface area contributed by atoms with Crippen LogP contribution in [0.3, 0.4) is 0 Å². The Morgan fingerprint density at radius 1 is 1.36 bits per heavy atom. The third-order valence-corrected chi connectivity index (χ3v) is 5.91. The minimum Gasteiger partial charge on any atom is -0.472 e. The van der Waals surface area contributed by atoms with Crippen LogP contribution in [0.25, 0.3) is 28.2 Å². The highest BCUT2D eigenvalue weighted by Gasteiger charge is 2.24. The summed E-state index contributed by atoms with van der Waals surface area (Å²) in [6.45, 7) is 14.2. The highest BCUT2D eigenvalue weighted by atomic mass is 16.6.